The normalized spacial score (nSPS) is 11.7. The molecular formula is C12H14F4N2O. The summed E-state index contributed by atoms with van der Waals surface area (Å²) in [5.41, 5.74) is -0.0636. The van der Waals surface area contributed by atoms with Crippen molar-refractivity contribution in [1.82, 2.24) is 9.88 Å². The SMILES string of the molecule is CC(C)CN(CC(F)(F)F)C(=O)c1ccc(F)nc1. The molecule has 3 nitrogen and oxygen atoms in total. The maximum Gasteiger partial charge on any atom is 0.406 e. The summed E-state index contributed by atoms with van der Waals surface area (Å²) in [6.07, 6.45) is -3.54. The van der Waals surface area contributed by atoms with Gasteiger partial charge in [0.15, 0.2) is 0 Å². The molecule has 0 atom stereocenters. The zero-order valence-electron chi connectivity index (χ0n) is 10.5. The van der Waals surface area contributed by atoms with E-state index in [-0.39, 0.29) is 18.0 Å². The number of hydrogen-bond acceptors (Lipinski definition) is 2. The highest BCUT2D eigenvalue weighted by Crippen LogP contribution is 2.19. The van der Waals surface area contributed by atoms with Crippen molar-refractivity contribution in [3.63, 3.8) is 0 Å². The number of carbonyl (C=O) groups is 1. The minimum atomic E-state index is -4.47. The van der Waals surface area contributed by atoms with Gasteiger partial charge in [-0.25, -0.2) is 4.98 Å². The standard InChI is InChI=1S/C12H14F4N2O/c1-8(2)6-18(7-12(14,15)16)11(19)9-3-4-10(13)17-5-9/h3-5,8H,6-7H2,1-2H3. The van der Waals surface area contributed by atoms with Crippen LogP contribution in [-0.4, -0.2) is 35.1 Å². The Labute approximate surface area is 108 Å². The molecule has 19 heavy (non-hydrogen) atoms. The smallest absolute Gasteiger partial charge is 0.329 e. The second-order valence-corrected chi connectivity index (χ2v) is 4.56. The van der Waals surface area contributed by atoms with Crippen LogP contribution in [0.15, 0.2) is 18.3 Å². The molecule has 0 radical (unpaired) electrons. The molecule has 1 amide bonds. The molecule has 1 aromatic rings. The van der Waals surface area contributed by atoms with Crippen LogP contribution in [0.5, 0.6) is 0 Å². The molecule has 0 fully saturated rings. The number of amides is 1. The summed E-state index contributed by atoms with van der Waals surface area (Å²) < 4.78 is 49.9. The predicted octanol–water partition coefficient (Wildman–Crippen LogP) is 2.88. The minimum absolute atomic E-state index is 0.0320. The quantitative estimate of drug-likeness (QED) is 0.626. The lowest BCUT2D eigenvalue weighted by Crippen LogP contribution is -2.41. The van der Waals surface area contributed by atoms with E-state index in [1.165, 1.54) is 0 Å². The van der Waals surface area contributed by atoms with E-state index in [1.807, 2.05) is 0 Å². The third-order valence-electron chi connectivity index (χ3n) is 2.22. The maximum atomic E-state index is 12.6. The van der Waals surface area contributed by atoms with Gasteiger partial charge < -0.3 is 4.90 Å². The highest BCUT2D eigenvalue weighted by atomic mass is 19.4. The van der Waals surface area contributed by atoms with Gasteiger partial charge in [-0.2, -0.15) is 17.6 Å². The third-order valence-corrected chi connectivity index (χ3v) is 2.22. The molecule has 1 heterocycles. The molecule has 7 heteroatoms. The molecule has 1 rings (SSSR count). The molecule has 0 unspecified atom stereocenters. The van der Waals surface area contributed by atoms with E-state index in [2.05, 4.69) is 4.98 Å². The van der Waals surface area contributed by atoms with E-state index in [9.17, 15) is 22.4 Å². The van der Waals surface area contributed by atoms with Gasteiger partial charge in [0.2, 0.25) is 5.95 Å². The molecule has 0 N–H and O–H groups in total. The number of nitrogens with zero attached hydrogens (tertiary/aromatic N) is 2. The van der Waals surface area contributed by atoms with E-state index >= 15 is 0 Å². The van der Waals surface area contributed by atoms with Crippen molar-refractivity contribution in [3.8, 4) is 0 Å². The minimum Gasteiger partial charge on any atom is -0.329 e. The first kappa shape index (κ1) is 15.4. The lowest BCUT2D eigenvalue weighted by molar-refractivity contribution is -0.141. The van der Waals surface area contributed by atoms with Crippen molar-refractivity contribution in [2.24, 2.45) is 5.92 Å². The third kappa shape index (κ3) is 5.23. The first-order valence-corrected chi connectivity index (χ1v) is 5.66. The van der Waals surface area contributed by atoms with E-state index < -0.39 is 24.6 Å². The zero-order valence-corrected chi connectivity index (χ0v) is 10.5. The Hall–Kier alpha value is -1.66. The van der Waals surface area contributed by atoms with Crippen LogP contribution < -0.4 is 0 Å². The number of alkyl halides is 3. The van der Waals surface area contributed by atoms with Gasteiger partial charge in [0.05, 0.1) is 5.56 Å². The van der Waals surface area contributed by atoms with Gasteiger partial charge >= 0.3 is 6.18 Å². The Morgan fingerprint density at radius 3 is 2.42 bits per heavy atom. The molecule has 106 valence electrons. The fourth-order valence-corrected chi connectivity index (χ4v) is 1.56. The van der Waals surface area contributed by atoms with Gasteiger partial charge in [-0.1, -0.05) is 13.8 Å². The summed E-state index contributed by atoms with van der Waals surface area (Å²) in [4.78, 5) is 15.9. The fourth-order valence-electron chi connectivity index (χ4n) is 1.56. The first-order chi connectivity index (χ1) is 8.69. The average molecular weight is 278 g/mol. The average Bonchev–Trinajstić information content (AvgIpc) is 2.25. The Kier molecular flexibility index (Phi) is 4.85. The van der Waals surface area contributed by atoms with Crippen molar-refractivity contribution >= 4 is 5.91 Å². The van der Waals surface area contributed by atoms with E-state index in [0.717, 1.165) is 18.3 Å². The Morgan fingerprint density at radius 1 is 1.37 bits per heavy atom. The van der Waals surface area contributed by atoms with Gasteiger partial charge in [0, 0.05) is 12.7 Å². The van der Waals surface area contributed by atoms with Gasteiger partial charge in [-0.3, -0.25) is 4.79 Å². The number of carbonyl (C=O) groups excluding carboxylic acids is 1. The van der Waals surface area contributed by atoms with Gasteiger partial charge in [0.1, 0.15) is 6.54 Å². The number of pyridine rings is 1. The first-order valence-electron chi connectivity index (χ1n) is 5.66. The Morgan fingerprint density at radius 2 is 2.00 bits per heavy atom. The Balaban J connectivity index is 2.90. The van der Waals surface area contributed by atoms with Crippen molar-refractivity contribution in [2.45, 2.75) is 20.0 Å². The van der Waals surface area contributed by atoms with Crippen molar-refractivity contribution in [2.75, 3.05) is 13.1 Å². The highest BCUT2D eigenvalue weighted by Gasteiger charge is 2.33. The van der Waals surface area contributed by atoms with Crippen LogP contribution in [0.2, 0.25) is 0 Å². The lowest BCUT2D eigenvalue weighted by atomic mass is 10.1. The molecule has 1 aromatic heterocycles. The summed E-state index contributed by atoms with van der Waals surface area (Å²) >= 11 is 0. The molecule has 0 aliphatic carbocycles. The van der Waals surface area contributed by atoms with Gasteiger partial charge in [-0.05, 0) is 18.1 Å². The second kappa shape index (κ2) is 5.99. The Bertz CT molecular complexity index is 428. The summed E-state index contributed by atoms with van der Waals surface area (Å²) in [5, 5.41) is 0. The van der Waals surface area contributed by atoms with Crippen LogP contribution in [0.3, 0.4) is 0 Å². The summed E-state index contributed by atoms with van der Waals surface area (Å²) in [7, 11) is 0. The number of aromatic nitrogens is 1. The number of rotatable bonds is 4. The zero-order chi connectivity index (χ0) is 14.6. The van der Waals surface area contributed by atoms with Crippen LogP contribution in [0.4, 0.5) is 17.6 Å². The molecule has 0 spiro atoms. The molecule has 0 saturated heterocycles. The molecule has 0 aromatic carbocycles. The van der Waals surface area contributed by atoms with Crippen LogP contribution in [0.1, 0.15) is 24.2 Å². The molecule has 0 bridgehead atoms. The van der Waals surface area contributed by atoms with Crippen molar-refractivity contribution < 1.29 is 22.4 Å². The van der Waals surface area contributed by atoms with Crippen molar-refractivity contribution in [3.05, 3.63) is 29.8 Å². The van der Waals surface area contributed by atoms with E-state index in [1.54, 1.807) is 13.8 Å². The summed E-state index contributed by atoms with van der Waals surface area (Å²) in [6.45, 7) is 2.05. The van der Waals surface area contributed by atoms with Crippen LogP contribution in [-0.2, 0) is 0 Å². The molecular weight excluding hydrogens is 264 g/mol. The van der Waals surface area contributed by atoms with E-state index in [4.69, 9.17) is 0 Å². The molecule has 0 saturated carbocycles. The second-order valence-electron chi connectivity index (χ2n) is 4.56. The monoisotopic (exact) mass is 278 g/mol. The van der Waals surface area contributed by atoms with Crippen LogP contribution in [0, 0.1) is 11.9 Å². The van der Waals surface area contributed by atoms with Gasteiger partial charge in [-0.15, -0.1) is 0 Å². The topological polar surface area (TPSA) is 33.2 Å². The fraction of sp³-hybridized carbons (Fsp3) is 0.500. The molecule has 0 aliphatic heterocycles. The number of halogens is 4. The maximum absolute atomic E-state index is 12.6. The van der Waals surface area contributed by atoms with Crippen molar-refractivity contribution in [1.29, 1.82) is 0 Å². The summed E-state index contributed by atoms with van der Waals surface area (Å²) in [6, 6.07) is 2.06. The van der Waals surface area contributed by atoms with Crippen LogP contribution >= 0.6 is 0 Å². The molecule has 0 aliphatic rings. The number of hydrogen-bond donors (Lipinski definition) is 0. The largest absolute Gasteiger partial charge is 0.406 e. The van der Waals surface area contributed by atoms with Gasteiger partial charge in [0.25, 0.3) is 5.91 Å². The van der Waals surface area contributed by atoms with E-state index in [0.29, 0.717) is 4.90 Å². The summed E-state index contributed by atoms with van der Waals surface area (Å²) in [5.74, 6) is -1.71. The predicted molar refractivity (Wildman–Crippen MR) is 61.0 cm³/mol. The lowest BCUT2D eigenvalue weighted by Gasteiger charge is -2.25. The van der Waals surface area contributed by atoms with Crippen LogP contribution in [0.25, 0.3) is 0 Å². The highest BCUT2D eigenvalue weighted by molar-refractivity contribution is 5.93.